The first-order valence-corrected chi connectivity index (χ1v) is 10.9. The van der Waals surface area contributed by atoms with Crippen molar-refractivity contribution in [1.29, 1.82) is 0 Å². The van der Waals surface area contributed by atoms with Gasteiger partial charge in [0.2, 0.25) is 5.91 Å². The molecule has 0 aromatic heterocycles. The normalized spacial score (nSPS) is 19.7. The van der Waals surface area contributed by atoms with Crippen LogP contribution in [0.3, 0.4) is 0 Å². The molecular formula is C18H24Br3NO. The van der Waals surface area contributed by atoms with Gasteiger partial charge in [0.1, 0.15) is 0 Å². The quantitative estimate of drug-likeness (QED) is 0.348. The molecule has 1 saturated carbocycles. The van der Waals surface area contributed by atoms with Crippen LogP contribution in [0.2, 0.25) is 0 Å². The van der Waals surface area contributed by atoms with Gasteiger partial charge in [0, 0.05) is 19.3 Å². The Kier molecular flexibility index (Phi) is 8.10. The summed E-state index contributed by atoms with van der Waals surface area (Å²) >= 11 is 10.5. The Morgan fingerprint density at radius 1 is 1.09 bits per heavy atom. The highest BCUT2D eigenvalue weighted by Crippen LogP contribution is 2.44. The topological polar surface area (TPSA) is 29.1 Å². The summed E-state index contributed by atoms with van der Waals surface area (Å²) in [5.74, 6) is 0.951. The number of nitrogens with one attached hydrogen (secondary N) is 1. The minimum absolute atomic E-state index is 0.157. The van der Waals surface area contributed by atoms with Crippen LogP contribution >= 0.6 is 47.8 Å². The predicted octanol–water partition coefficient (Wildman–Crippen LogP) is 7.30. The summed E-state index contributed by atoms with van der Waals surface area (Å²) in [6.45, 7) is 2.25. The molecule has 1 amide bonds. The van der Waals surface area contributed by atoms with Gasteiger partial charge < -0.3 is 5.32 Å². The lowest BCUT2D eigenvalue weighted by molar-refractivity contribution is -0.117. The van der Waals surface area contributed by atoms with Gasteiger partial charge in [-0.2, -0.15) is 0 Å². The lowest BCUT2D eigenvalue weighted by Crippen LogP contribution is -2.15. The molecule has 0 spiro atoms. The van der Waals surface area contributed by atoms with Crippen molar-refractivity contribution in [1.82, 2.24) is 0 Å². The maximum absolute atomic E-state index is 12.4. The van der Waals surface area contributed by atoms with E-state index in [-0.39, 0.29) is 11.8 Å². The zero-order valence-corrected chi connectivity index (χ0v) is 18.3. The summed E-state index contributed by atoms with van der Waals surface area (Å²) in [4.78, 5) is 12.4. The van der Waals surface area contributed by atoms with Gasteiger partial charge in [0.05, 0.1) is 5.69 Å². The van der Waals surface area contributed by atoms with Crippen LogP contribution < -0.4 is 5.32 Å². The first-order valence-electron chi connectivity index (χ1n) is 8.48. The Morgan fingerprint density at radius 3 is 2.35 bits per heavy atom. The van der Waals surface area contributed by atoms with E-state index in [1.807, 2.05) is 12.1 Å². The lowest BCUT2D eigenvalue weighted by Gasteiger charge is -2.10. The number of amides is 1. The molecule has 1 aromatic carbocycles. The highest BCUT2D eigenvalue weighted by Gasteiger charge is 2.42. The first-order chi connectivity index (χ1) is 11.0. The van der Waals surface area contributed by atoms with E-state index in [9.17, 15) is 4.79 Å². The summed E-state index contributed by atoms with van der Waals surface area (Å²) in [6.07, 6.45) is 10.2. The first kappa shape index (κ1) is 19.5. The number of halogens is 3. The second-order valence-corrected chi connectivity index (χ2v) is 9.02. The highest BCUT2D eigenvalue weighted by molar-refractivity contribution is 9.11. The van der Waals surface area contributed by atoms with Crippen LogP contribution in [0, 0.1) is 11.8 Å². The maximum Gasteiger partial charge on any atom is 0.227 e. The average molecular weight is 510 g/mol. The van der Waals surface area contributed by atoms with Gasteiger partial charge in [0.25, 0.3) is 0 Å². The van der Waals surface area contributed by atoms with E-state index in [0.29, 0.717) is 5.92 Å². The van der Waals surface area contributed by atoms with E-state index in [1.165, 1.54) is 44.9 Å². The minimum atomic E-state index is 0.157. The maximum atomic E-state index is 12.4. The smallest absolute Gasteiger partial charge is 0.227 e. The van der Waals surface area contributed by atoms with E-state index in [0.717, 1.165) is 25.5 Å². The van der Waals surface area contributed by atoms with E-state index in [4.69, 9.17) is 0 Å². The predicted molar refractivity (Wildman–Crippen MR) is 108 cm³/mol. The summed E-state index contributed by atoms with van der Waals surface area (Å²) < 4.78 is 2.75. The molecule has 1 aromatic rings. The molecule has 2 nitrogen and oxygen atoms in total. The third-order valence-electron chi connectivity index (χ3n) is 4.44. The standard InChI is InChI=1S/C18H24Br3NO/c1-2-3-4-5-6-7-8-12-9-14(12)18(23)22-17-15(20)10-13(19)11-16(17)21/h10-12,14H,2-9H2,1H3,(H,22,23). The van der Waals surface area contributed by atoms with Crippen LogP contribution in [0.15, 0.2) is 25.6 Å². The minimum Gasteiger partial charge on any atom is -0.324 e. The van der Waals surface area contributed by atoms with Gasteiger partial charge >= 0.3 is 0 Å². The summed E-state index contributed by atoms with van der Waals surface area (Å²) in [7, 11) is 0. The largest absolute Gasteiger partial charge is 0.324 e. The molecule has 1 fully saturated rings. The van der Waals surface area contributed by atoms with Crippen LogP contribution in [0.5, 0.6) is 0 Å². The van der Waals surface area contributed by atoms with Crippen molar-refractivity contribution in [2.45, 2.75) is 58.3 Å². The molecule has 0 aliphatic heterocycles. The molecule has 0 radical (unpaired) electrons. The lowest BCUT2D eigenvalue weighted by atomic mass is 10.1. The second-order valence-electron chi connectivity index (χ2n) is 6.39. The molecular weight excluding hydrogens is 486 g/mol. The Morgan fingerprint density at radius 2 is 1.70 bits per heavy atom. The fourth-order valence-corrected chi connectivity index (χ4v) is 5.41. The van der Waals surface area contributed by atoms with Crippen molar-refractivity contribution >= 4 is 59.4 Å². The monoisotopic (exact) mass is 507 g/mol. The molecule has 5 heteroatoms. The van der Waals surface area contributed by atoms with Crippen molar-refractivity contribution < 1.29 is 4.79 Å². The van der Waals surface area contributed by atoms with Gasteiger partial charge in [0.15, 0.2) is 0 Å². The van der Waals surface area contributed by atoms with Crippen molar-refractivity contribution in [2.75, 3.05) is 5.32 Å². The van der Waals surface area contributed by atoms with Crippen LogP contribution in [0.4, 0.5) is 5.69 Å². The van der Waals surface area contributed by atoms with Crippen LogP contribution in [-0.4, -0.2) is 5.91 Å². The number of benzene rings is 1. The van der Waals surface area contributed by atoms with Gasteiger partial charge in [-0.05, 0) is 62.8 Å². The number of rotatable bonds is 9. The number of carbonyl (C=O) groups is 1. The van der Waals surface area contributed by atoms with Crippen molar-refractivity contribution in [3.63, 3.8) is 0 Å². The number of hydrogen-bond donors (Lipinski definition) is 1. The average Bonchev–Trinajstić information content (AvgIpc) is 3.26. The molecule has 2 rings (SSSR count). The van der Waals surface area contributed by atoms with Gasteiger partial charge in [-0.1, -0.05) is 61.4 Å². The highest BCUT2D eigenvalue weighted by atomic mass is 79.9. The summed E-state index contributed by atoms with van der Waals surface area (Å²) in [5, 5.41) is 3.06. The van der Waals surface area contributed by atoms with Crippen LogP contribution in [0.1, 0.15) is 58.3 Å². The number of anilines is 1. The van der Waals surface area contributed by atoms with Crippen LogP contribution in [-0.2, 0) is 4.79 Å². The molecule has 0 bridgehead atoms. The summed E-state index contributed by atoms with van der Waals surface area (Å²) in [6, 6.07) is 3.89. The van der Waals surface area contributed by atoms with Crippen molar-refractivity contribution in [3.05, 3.63) is 25.6 Å². The van der Waals surface area contributed by atoms with E-state index >= 15 is 0 Å². The number of carbonyl (C=O) groups excluding carboxylic acids is 1. The van der Waals surface area contributed by atoms with Crippen LogP contribution in [0.25, 0.3) is 0 Å². The zero-order chi connectivity index (χ0) is 16.8. The molecule has 1 aliphatic carbocycles. The third kappa shape index (κ3) is 6.17. The zero-order valence-electron chi connectivity index (χ0n) is 13.5. The fourth-order valence-electron chi connectivity index (χ4n) is 2.95. The molecule has 1 N–H and O–H groups in total. The fraction of sp³-hybridized carbons (Fsp3) is 0.611. The Bertz CT molecular complexity index is 524. The molecule has 128 valence electrons. The van der Waals surface area contributed by atoms with E-state index < -0.39 is 0 Å². The Labute approximate surface area is 164 Å². The number of unbranched alkanes of at least 4 members (excludes halogenated alkanes) is 5. The van der Waals surface area contributed by atoms with Gasteiger partial charge in [-0.15, -0.1) is 0 Å². The molecule has 23 heavy (non-hydrogen) atoms. The van der Waals surface area contributed by atoms with Crippen molar-refractivity contribution in [3.8, 4) is 0 Å². The molecule has 0 saturated heterocycles. The van der Waals surface area contributed by atoms with Gasteiger partial charge in [-0.3, -0.25) is 4.79 Å². The van der Waals surface area contributed by atoms with E-state index in [2.05, 4.69) is 60.0 Å². The molecule has 2 atom stereocenters. The summed E-state index contributed by atoms with van der Waals surface area (Å²) in [5.41, 5.74) is 0.823. The van der Waals surface area contributed by atoms with E-state index in [1.54, 1.807) is 0 Å². The van der Waals surface area contributed by atoms with Crippen molar-refractivity contribution in [2.24, 2.45) is 11.8 Å². The molecule has 0 heterocycles. The SMILES string of the molecule is CCCCCCCCC1CC1C(=O)Nc1c(Br)cc(Br)cc1Br. The Hall–Kier alpha value is 0.130. The Balaban J connectivity index is 1.72. The third-order valence-corrected chi connectivity index (χ3v) is 6.15. The second kappa shape index (κ2) is 9.57. The molecule has 2 unspecified atom stereocenters. The number of hydrogen-bond acceptors (Lipinski definition) is 1. The van der Waals surface area contributed by atoms with Gasteiger partial charge in [-0.25, -0.2) is 0 Å². The molecule has 1 aliphatic rings.